The van der Waals surface area contributed by atoms with Gasteiger partial charge in [-0.2, -0.15) is 0 Å². The third-order valence-corrected chi connectivity index (χ3v) is 5.80. The van der Waals surface area contributed by atoms with E-state index < -0.39 is 0 Å². The van der Waals surface area contributed by atoms with Gasteiger partial charge in [-0.25, -0.2) is 0 Å². The zero-order chi connectivity index (χ0) is 15.1. The van der Waals surface area contributed by atoms with Crippen LogP contribution in [0, 0.1) is 5.92 Å². The number of likely N-dealkylation sites (N-methyl/N-ethyl adjacent to an activating group) is 2. The summed E-state index contributed by atoms with van der Waals surface area (Å²) in [6, 6.07) is 1.52. The monoisotopic (exact) mass is 295 g/mol. The highest BCUT2D eigenvalue weighted by atomic mass is 15.2. The molecule has 1 N–H and O–H groups in total. The quantitative estimate of drug-likeness (QED) is 0.779. The molecule has 2 aliphatic rings. The highest BCUT2D eigenvalue weighted by molar-refractivity contribution is 4.85. The zero-order valence-corrected chi connectivity index (χ0v) is 14.6. The van der Waals surface area contributed by atoms with Crippen LogP contribution in [0.3, 0.4) is 0 Å². The van der Waals surface area contributed by atoms with E-state index >= 15 is 0 Å². The van der Waals surface area contributed by atoms with Crippen LogP contribution in [0.15, 0.2) is 0 Å². The lowest BCUT2D eigenvalue weighted by Crippen LogP contribution is -2.50. The fraction of sp³-hybridized carbons (Fsp3) is 1.00. The Balaban J connectivity index is 1.81. The standard InChI is InChI=1S/C18H37N3/c1-4-19-18(16-9-7-6-8-10-16)15-20(3)17-11-13-21(5-2)14-12-17/h16-19H,4-15H2,1-3H3. The molecular formula is C18H37N3. The first-order valence-electron chi connectivity index (χ1n) is 9.40. The van der Waals surface area contributed by atoms with Crippen molar-refractivity contribution in [1.82, 2.24) is 15.1 Å². The predicted molar refractivity (Wildman–Crippen MR) is 91.8 cm³/mol. The highest BCUT2D eigenvalue weighted by Crippen LogP contribution is 2.27. The lowest BCUT2D eigenvalue weighted by molar-refractivity contribution is 0.110. The van der Waals surface area contributed by atoms with Gasteiger partial charge in [0.25, 0.3) is 0 Å². The molecule has 1 saturated heterocycles. The molecule has 0 radical (unpaired) electrons. The molecule has 0 amide bonds. The molecule has 0 aromatic rings. The van der Waals surface area contributed by atoms with E-state index in [-0.39, 0.29) is 0 Å². The van der Waals surface area contributed by atoms with Gasteiger partial charge < -0.3 is 15.1 Å². The maximum Gasteiger partial charge on any atom is 0.0223 e. The van der Waals surface area contributed by atoms with E-state index in [1.807, 2.05) is 0 Å². The lowest BCUT2D eigenvalue weighted by Gasteiger charge is -2.40. The third kappa shape index (κ3) is 5.22. The van der Waals surface area contributed by atoms with Crippen LogP contribution in [-0.4, -0.2) is 61.7 Å². The first-order chi connectivity index (χ1) is 10.2. The molecule has 0 spiro atoms. The van der Waals surface area contributed by atoms with Gasteiger partial charge in [-0.15, -0.1) is 0 Å². The predicted octanol–water partition coefficient (Wildman–Crippen LogP) is 2.96. The van der Waals surface area contributed by atoms with Gasteiger partial charge in [0.05, 0.1) is 0 Å². The summed E-state index contributed by atoms with van der Waals surface area (Å²) >= 11 is 0. The summed E-state index contributed by atoms with van der Waals surface area (Å²) in [7, 11) is 2.36. The fourth-order valence-corrected chi connectivity index (χ4v) is 4.31. The van der Waals surface area contributed by atoms with Crippen molar-refractivity contribution in [3.8, 4) is 0 Å². The summed E-state index contributed by atoms with van der Waals surface area (Å²) in [6.45, 7) is 10.7. The summed E-state index contributed by atoms with van der Waals surface area (Å²) in [5.41, 5.74) is 0. The Morgan fingerprint density at radius 2 is 1.71 bits per heavy atom. The Labute approximate surface area is 132 Å². The number of rotatable bonds is 7. The second-order valence-electron chi connectivity index (χ2n) is 7.17. The van der Waals surface area contributed by atoms with Gasteiger partial charge in [0, 0.05) is 18.6 Å². The van der Waals surface area contributed by atoms with Gasteiger partial charge >= 0.3 is 0 Å². The molecule has 1 aliphatic heterocycles. The normalized spacial score (nSPS) is 24.6. The van der Waals surface area contributed by atoms with Crippen molar-refractivity contribution in [2.45, 2.75) is 70.9 Å². The van der Waals surface area contributed by atoms with Crippen molar-refractivity contribution in [3.05, 3.63) is 0 Å². The van der Waals surface area contributed by atoms with Crippen LogP contribution in [0.2, 0.25) is 0 Å². The van der Waals surface area contributed by atoms with Crippen LogP contribution >= 0.6 is 0 Å². The average molecular weight is 296 g/mol. The molecule has 1 heterocycles. The summed E-state index contributed by atoms with van der Waals surface area (Å²) in [5.74, 6) is 0.914. The SMILES string of the molecule is CCNC(CN(C)C1CCN(CC)CC1)C1CCCCC1. The van der Waals surface area contributed by atoms with Crippen LogP contribution in [0.1, 0.15) is 58.8 Å². The summed E-state index contributed by atoms with van der Waals surface area (Å²) < 4.78 is 0. The fourth-order valence-electron chi connectivity index (χ4n) is 4.31. The molecule has 0 bridgehead atoms. The Kier molecular flexibility index (Phi) is 7.48. The van der Waals surface area contributed by atoms with Gasteiger partial charge in [-0.3, -0.25) is 0 Å². The van der Waals surface area contributed by atoms with Crippen molar-refractivity contribution >= 4 is 0 Å². The second-order valence-corrected chi connectivity index (χ2v) is 7.17. The minimum Gasteiger partial charge on any atom is -0.313 e. The molecule has 0 aromatic carbocycles. The van der Waals surface area contributed by atoms with Crippen molar-refractivity contribution < 1.29 is 0 Å². The van der Waals surface area contributed by atoms with Gasteiger partial charge in [-0.05, 0) is 64.8 Å². The topological polar surface area (TPSA) is 18.5 Å². The maximum absolute atomic E-state index is 3.79. The first kappa shape index (κ1) is 17.2. The molecule has 124 valence electrons. The minimum absolute atomic E-state index is 0.713. The van der Waals surface area contributed by atoms with Gasteiger partial charge in [0.15, 0.2) is 0 Å². The maximum atomic E-state index is 3.79. The number of nitrogens with one attached hydrogen (secondary N) is 1. The molecule has 1 unspecified atom stereocenters. The molecule has 1 aliphatic carbocycles. The van der Waals surface area contributed by atoms with E-state index in [0.29, 0.717) is 6.04 Å². The zero-order valence-electron chi connectivity index (χ0n) is 14.6. The van der Waals surface area contributed by atoms with Crippen LogP contribution < -0.4 is 5.32 Å². The molecule has 1 saturated carbocycles. The number of nitrogens with zero attached hydrogens (tertiary/aromatic N) is 2. The van der Waals surface area contributed by atoms with Gasteiger partial charge in [0.1, 0.15) is 0 Å². The number of likely N-dealkylation sites (tertiary alicyclic amines) is 1. The molecule has 3 nitrogen and oxygen atoms in total. The van der Waals surface area contributed by atoms with Crippen molar-refractivity contribution in [2.75, 3.05) is 39.8 Å². The lowest BCUT2D eigenvalue weighted by atomic mass is 9.83. The van der Waals surface area contributed by atoms with Crippen molar-refractivity contribution in [3.63, 3.8) is 0 Å². The molecule has 2 fully saturated rings. The Hall–Kier alpha value is -0.120. The van der Waals surface area contributed by atoms with E-state index in [1.54, 1.807) is 0 Å². The number of piperidine rings is 1. The molecule has 21 heavy (non-hydrogen) atoms. The van der Waals surface area contributed by atoms with E-state index in [4.69, 9.17) is 0 Å². The summed E-state index contributed by atoms with van der Waals surface area (Å²) in [5, 5.41) is 3.79. The van der Waals surface area contributed by atoms with E-state index in [0.717, 1.165) is 18.5 Å². The molecule has 2 rings (SSSR count). The molecular weight excluding hydrogens is 258 g/mol. The number of hydrogen-bond acceptors (Lipinski definition) is 3. The Bertz CT molecular complexity index is 268. The van der Waals surface area contributed by atoms with E-state index in [9.17, 15) is 0 Å². The van der Waals surface area contributed by atoms with Crippen LogP contribution in [0.5, 0.6) is 0 Å². The number of hydrogen-bond donors (Lipinski definition) is 1. The molecule has 3 heteroatoms. The van der Waals surface area contributed by atoms with Crippen LogP contribution in [0.25, 0.3) is 0 Å². The minimum atomic E-state index is 0.713. The van der Waals surface area contributed by atoms with Gasteiger partial charge in [0.2, 0.25) is 0 Å². The van der Waals surface area contributed by atoms with Crippen LogP contribution in [0.4, 0.5) is 0 Å². The van der Waals surface area contributed by atoms with E-state index in [2.05, 4.69) is 36.0 Å². The second kappa shape index (κ2) is 9.12. The summed E-state index contributed by atoms with van der Waals surface area (Å²) in [6.07, 6.45) is 9.96. The Morgan fingerprint density at radius 3 is 2.29 bits per heavy atom. The average Bonchev–Trinajstić information content (AvgIpc) is 2.55. The van der Waals surface area contributed by atoms with Gasteiger partial charge in [-0.1, -0.05) is 33.1 Å². The summed E-state index contributed by atoms with van der Waals surface area (Å²) in [4.78, 5) is 5.25. The van der Waals surface area contributed by atoms with Crippen molar-refractivity contribution in [1.29, 1.82) is 0 Å². The molecule has 0 aromatic heterocycles. The Morgan fingerprint density at radius 1 is 1.05 bits per heavy atom. The highest BCUT2D eigenvalue weighted by Gasteiger charge is 2.27. The van der Waals surface area contributed by atoms with Crippen molar-refractivity contribution in [2.24, 2.45) is 5.92 Å². The first-order valence-corrected chi connectivity index (χ1v) is 9.40. The van der Waals surface area contributed by atoms with E-state index in [1.165, 1.54) is 71.1 Å². The third-order valence-electron chi connectivity index (χ3n) is 5.80. The molecule has 1 atom stereocenters. The van der Waals surface area contributed by atoms with Crippen LogP contribution in [-0.2, 0) is 0 Å². The smallest absolute Gasteiger partial charge is 0.0223 e. The largest absolute Gasteiger partial charge is 0.313 e.